The lowest BCUT2D eigenvalue weighted by molar-refractivity contribution is 1.06. The summed E-state index contributed by atoms with van der Waals surface area (Å²) in [7, 11) is 0. The van der Waals surface area contributed by atoms with Gasteiger partial charge in [0, 0.05) is 10.5 Å². The van der Waals surface area contributed by atoms with Crippen molar-refractivity contribution in [3.63, 3.8) is 0 Å². The van der Waals surface area contributed by atoms with Crippen LogP contribution in [0.5, 0.6) is 0 Å². The molecule has 0 atom stereocenters. The molecule has 4 nitrogen and oxygen atoms in total. The number of hydrogen-bond donors (Lipinski definition) is 3. The molecule has 1 aromatic carbocycles. The van der Waals surface area contributed by atoms with E-state index in [1.807, 2.05) is 24.3 Å². The lowest BCUT2D eigenvalue weighted by Crippen LogP contribution is -2.06. The summed E-state index contributed by atoms with van der Waals surface area (Å²) in [5.41, 5.74) is 2.39. The average molecular weight is 205 g/mol. The van der Waals surface area contributed by atoms with Crippen molar-refractivity contribution in [1.29, 1.82) is 0 Å². The molecule has 0 radical (unpaired) electrons. The molecule has 70 valence electrons. The minimum atomic E-state index is -0.109. The maximum Gasteiger partial charge on any atom is 0.288 e. The number of aromatic amines is 2. The van der Waals surface area contributed by atoms with Crippen LogP contribution in [0.4, 0.5) is 5.69 Å². The topological polar surface area (TPSA) is 60.7 Å². The van der Waals surface area contributed by atoms with Crippen LogP contribution in [0.1, 0.15) is 0 Å². The summed E-state index contributed by atoms with van der Waals surface area (Å²) in [6.45, 7) is 0. The monoisotopic (exact) mass is 205 g/mol. The van der Waals surface area contributed by atoms with Gasteiger partial charge in [-0.05, 0) is 18.0 Å². The zero-order valence-electron chi connectivity index (χ0n) is 7.13. The van der Waals surface area contributed by atoms with E-state index in [1.165, 1.54) is 11.9 Å². The summed E-state index contributed by atoms with van der Waals surface area (Å²) in [5, 5.41) is 5.43. The summed E-state index contributed by atoms with van der Waals surface area (Å²) in [6.07, 6.45) is 0. The smallest absolute Gasteiger partial charge is 0.288 e. The second kappa shape index (κ2) is 2.68. The van der Waals surface area contributed by atoms with Gasteiger partial charge in [0.15, 0.2) is 0 Å². The lowest BCUT2D eigenvalue weighted by Gasteiger charge is -2.14. The van der Waals surface area contributed by atoms with Gasteiger partial charge in [0.1, 0.15) is 5.69 Å². The van der Waals surface area contributed by atoms with Crippen LogP contribution in [0.25, 0.3) is 11.3 Å². The molecule has 1 aromatic heterocycles. The molecule has 0 amide bonds. The second-order valence-electron chi connectivity index (χ2n) is 3.03. The molecular weight excluding hydrogens is 198 g/mol. The minimum Gasteiger partial charge on any atom is -0.319 e. The van der Waals surface area contributed by atoms with Gasteiger partial charge in [-0.2, -0.15) is 0 Å². The average Bonchev–Trinajstić information content (AvgIpc) is 2.61. The van der Waals surface area contributed by atoms with Crippen LogP contribution in [0.15, 0.2) is 34.0 Å². The third-order valence-electron chi connectivity index (χ3n) is 2.20. The molecule has 2 heterocycles. The fourth-order valence-electron chi connectivity index (χ4n) is 1.53. The van der Waals surface area contributed by atoms with Gasteiger partial charge >= 0.3 is 0 Å². The van der Waals surface area contributed by atoms with Crippen molar-refractivity contribution in [2.24, 2.45) is 0 Å². The number of hydrogen-bond acceptors (Lipinski definition) is 3. The van der Waals surface area contributed by atoms with Gasteiger partial charge < -0.3 is 4.72 Å². The van der Waals surface area contributed by atoms with Crippen molar-refractivity contribution in [2.45, 2.75) is 4.90 Å². The van der Waals surface area contributed by atoms with Gasteiger partial charge in [-0.25, -0.2) is 0 Å². The quantitative estimate of drug-likeness (QED) is 0.575. The van der Waals surface area contributed by atoms with E-state index in [0.717, 1.165) is 16.2 Å². The molecule has 5 heteroatoms. The molecule has 0 unspecified atom stereocenters. The minimum absolute atomic E-state index is 0.109. The molecule has 1 aliphatic heterocycles. The molecule has 0 saturated carbocycles. The molecule has 0 fully saturated rings. The number of anilines is 1. The van der Waals surface area contributed by atoms with Crippen LogP contribution in [-0.2, 0) is 0 Å². The maximum absolute atomic E-state index is 11.3. The van der Waals surface area contributed by atoms with E-state index in [-0.39, 0.29) is 5.56 Å². The first-order valence-electron chi connectivity index (χ1n) is 4.19. The van der Waals surface area contributed by atoms with E-state index in [4.69, 9.17) is 0 Å². The Hall–Kier alpha value is -1.62. The predicted molar refractivity (Wildman–Crippen MR) is 56.3 cm³/mol. The number of aromatic nitrogens is 2. The van der Waals surface area contributed by atoms with Crippen LogP contribution in [0.3, 0.4) is 0 Å². The van der Waals surface area contributed by atoms with E-state index in [9.17, 15) is 4.79 Å². The summed E-state index contributed by atoms with van der Waals surface area (Å²) in [4.78, 5) is 12.4. The molecular formula is C9H7N3OS. The Morgan fingerprint density at radius 1 is 1.14 bits per heavy atom. The van der Waals surface area contributed by atoms with Gasteiger partial charge in [-0.3, -0.25) is 15.0 Å². The van der Waals surface area contributed by atoms with Crippen LogP contribution in [-0.4, -0.2) is 10.2 Å². The highest BCUT2D eigenvalue weighted by Crippen LogP contribution is 2.38. The fourth-order valence-corrected chi connectivity index (χ4v) is 2.36. The Labute approximate surface area is 83.8 Å². The zero-order valence-corrected chi connectivity index (χ0v) is 7.94. The van der Waals surface area contributed by atoms with Crippen molar-refractivity contribution in [1.82, 2.24) is 10.2 Å². The Bertz CT molecular complexity index is 543. The summed E-state index contributed by atoms with van der Waals surface area (Å²) >= 11 is 1.46. The van der Waals surface area contributed by atoms with Crippen LogP contribution in [0, 0.1) is 0 Å². The highest BCUT2D eigenvalue weighted by molar-refractivity contribution is 8.00. The van der Waals surface area contributed by atoms with Gasteiger partial charge in [0.2, 0.25) is 0 Å². The molecule has 3 rings (SSSR count). The van der Waals surface area contributed by atoms with Crippen molar-refractivity contribution in [3.8, 4) is 11.3 Å². The predicted octanol–water partition coefficient (Wildman–Crippen LogP) is 1.80. The van der Waals surface area contributed by atoms with Crippen molar-refractivity contribution < 1.29 is 0 Å². The maximum atomic E-state index is 11.3. The third kappa shape index (κ3) is 0.927. The Morgan fingerprint density at radius 2 is 2.00 bits per heavy atom. The number of rotatable bonds is 0. The Morgan fingerprint density at radius 3 is 2.93 bits per heavy atom. The third-order valence-corrected chi connectivity index (χ3v) is 3.08. The first kappa shape index (κ1) is 7.75. The van der Waals surface area contributed by atoms with E-state index in [1.54, 1.807) is 0 Å². The normalized spacial score (nSPS) is 12.9. The van der Waals surface area contributed by atoms with Gasteiger partial charge in [0.05, 0.1) is 5.69 Å². The van der Waals surface area contributed by atoms with Crippen LogP contribution < -0.4 is 10.3 Å². The molecule has 0 saturated heterocycles. The van der Waals surface area contributed by atoms with Gasteiger partial charge in [-0.15, -0.1) is 0 Å². The second-order valence-corrected chi connectivity index (χ2v) is 3.88. The van der Waals surface area contributed by atoms with Crippen molar-refractivity contribution in [2.75, 3.05) is 4.72 Å². The van der Waals surface area contributed by atoms with Crippen molar-refractivity contribution >= 4 is 17.6 Å². The zero-order chi connectivity index (χ0) is 9.54. The van der Waals surface area contributed by atoms with Crippen LogP contribution >= 0.6 is 11.9 Å². The Balaban J connectivity index is 2.34. The molecule has 0 spiro atoms. The molecule has 0 bridgehead atoms. The summed E-state index contributed by atoms with van der Waals surface area (Å²) in [6, 6.07) is 7.94. The molecule has 3 N–H and O–H groups in total. The lowest BCUT2D eigenvalue weighted by atomic mass is 10.1. The highest BCUT2D eigenvalue weighted by Gasteiger charge is 2.19. The SMILES string of the molecule is O=c1[nH][nH]c2c1NSc1ccccc1-2. The summed E-state index contributed by atoms with van der Waals surface area (Å²) < 4.78 is 3.01. The number of fused-ring (bicyclic) bond motifs is 3. The number of H-pyrrole nitrogens is 2. The van der Waals surface area contributed by atoms with E-state index < -0.39 is 0 Å². The first-order valence-corrected chi connectivity index (χ1v) is 5.01. The van der Waals surface area contributed by atoms with E-state index >= 15 is 0 Å². The van der Waals surface area contributed by atoms with Gasteiger partial charge in [-0.1, -0.05) is 18.2 Å². The molecule has 0 aliphatic carbocycles. The Kier molecular flexibility index (Phi) is 1.49. The molecule has 1 aliphatic rings. The van der Waals surface area contributed by atoms with Crippen LogP contribution in [0.2, 0.25) is 0 Å². The highest BCUT2D eigenvalue weighted by atomic mass is 32.2. The first-order chi connectivity index (χ1) is 6.86. The van der Waals surface area contributed by atoms with Gasteiger partial charge in [0.25, 0.3) is 5.56 Å². The van der Waals surface area contributed by atoms with Crippen molar-refractivity contribution in [3.05, 3.63) is 34.6 Å². The fraction of sp³-hybridized carbons (Fsp3) is 0. The van der Waals surface area contributed by atoms with E-state index in [0.29, 0.717) is 5.69 Å². The number of benzene rings is 1. The van der Waals surface area contributed by atoms with E-state index in [2.05, 4.69) is 14.9 Å². The molecule has 14 heavy (non-hydrogen) atoms. The number of nitrogens with one attached hydrogen (secondary N) is 3. The summed E-state index contributed by atoms with van der Waals surface area (Å²) in [5.74, 6) is 0. The standard InChI is InChI=1S/C9H7N3OS/c13-9-8-7(10-11-9)5-3-1-2-4-6(5)14-12-8/h1-4,12H,(H2,10,11,13). The molecule has 2 aromatic rings. The largest absolute Gasteiger partial charge is 0.319 e.